The number of rotatable bonds is 5. The maximum Gasteiger partial charge on any atom is 0.251 e. The summed E-state index contributed by atoms with van der Waals surface area (Å²) in [5, 5.41) is 3.24. The number of hydrogen-bond acceptors (Lipinski definition) is 1. The van der Waals surface area contributed by atoms with Gasteiger partial charge in [0, 0.05) is 11.6 Å². The standard InChI is InChI=1S/C18H27NO.C3H7F/c1-3-13-6-5-7-15(8-13)17(20)19-16-11-18(12-16)9-14(4-2)10-18;1-2-3-4/h7-8,14,16H,3-6,9-12H2,1-2H3,(H,19,20);2-3H2,1H3. The van der Waals surface area contributed by atoms with Crippen molar-refractivity contribution in [2.75, 3.05) is 6.67 Å². The molecule has 0 heterocycles. The molecule has 1 spiro atoms. The molecule has 0 aromatic heterocycles. The van der Waals surface area contributed by atoms with Gasteiger partial charge in [-0.15, -0.1) is 0 Å². The minimum atomic E-state index is -0.181. The molecule has 0 aromatic rings. The lowest BCUT2D eigenvalue weighted by atomic mass is 9.49. The lowest BCUT2D eigenvalue weighted by Crippen LogP contribution is -2.56. The predicted molar refractivity (Wildman–Crippen MR) is 98.6 cm³/mol. The number of hydrogen-bond donors (Lipinski definition) is 1. The fraction of sp³-hybridized carbons (Fsp3) is 0.762. The highest BCUT2D eigenvalue weighted by molar-refractivity contribution is 5.96. The van der Waals surface area contributed by atoms with Crippen molar-refractivity contribution in [3.8, 4) is 0 Å². The second-order valence-electron chi connectivity index (χ2n) is 7.80. The lowest BCUT2D eigenvalue weighted by molar-refractivity contribution is -0.121. The summed E-state index contributed by atoms with van der Waals surface area (Å²) in [5.41, 5.74) is 2.92. The topological polar surface area (TPSA) is 29.1 Å². The van der Waals surface area contributed by atoms with Crippen molar-refractivity contribution in [3.05, 3.63) is 23.3 Å². The van der Waals surface area contributed by atoms with Crippen molar-refractivity contribution in [3.63, 3.8) is 0 Å². The molecule has 24 heavy (non-hydrogen) atoms. The number of carbonyl (C=O) groups excluding carboxylic acids is 1. The molecule has 3 aliphatic rings. The van der Waals surface area contributed by atoms with Gasteiger partial charge < -0.3 is 5.32 Å². The van der Waals surface area contributed by atoms with E-state index in [4.69, 9.17) is 0 Å². The zero-order valence-corrected chi connectivity index (χ0v) is 15.7. The van der Waals surface area contributed by atoms with Gasteiger partial charge in [0.25, 0.3) is 5.91 Å². The van der Waals surface area contributed by atoms with Crippen LogP contribution in [0.2, 0.25) is 0 Å². The Morgan fingerprint density at radius 3 is 2.46 bits per heavy atom. The third-order valence-corrected chi connectivity index (χ3v) is 5.81. The molecule has 0 aliphatic heterocycles. The Labute approximate surface area is 147 Å². The van der Waals surface area contributed by atoms with Crippen LogP contribution in [-0.4, -0.2) is 18.6 Å². The first-order chi connectivity index (χ1) is 11.6. The quantitative estimate of drug-likeness (QED) is 0.707. The fourth-order valence-electron chi connectivity index (χ4n) is 4.34. The summed E-state index contributed by atoms with van der Waals surface area (Å²) in [6.45, 7) is 6.09. The highest BCUT2D eigenvalue weighted by atomic mass is 19.1. The summed E-state index contributed by atoms with van der Waals surface area (Å²) in [4.78, 5) is 12.3. The Kier molecular flexibility index (Phi) is 7.06. The highest BCUT2D eigenvalue weighted by Gasteiger charge is 2.52. The Morgan fingerprint density at radius 1 is 1.25 bits per heavy atom. The van der Waals surface area contributed by atoms with Crippen LogP contribution in [-0.2, 0) is 4.79 Å². The molecular formula is C21H34FNO. The van der Waals surface area contributed by atoms with Crippen LogP contribution in [0.25, 0.3) is 0 Å². The van der Waals surface area contributed by atoms with E-state index in [2.05, 4.69) is 31.3 Å². The van der Waals surface area contributed by atoms with Gasteiger partial charge in [-0.2, -0.15) is 0 Å². The zero-order chi connectivity index (χ0) is 17.6. The highest BCUT2D eigenvalue weighted by Crippen LogP contribution is 2.59. The molecule has 1 amide bonds. The summed E-state index contributed by atoms with van der Waals surface area (Å²) in [6, 6.07) is 0.432. The Morgan fingerprint density at radius 2 is 1.92 bits per heavy atom. The van der Waals surface area contributed by atoms with E-state index < -0.39 is 0 Å². The molecule has 0 aromatic carbocycles. The maximum absolute atomic E-state index is 12.3. The molecule has 2 nitrogen and oxygen atoms in total. The first-order valence-electron chi connectivity index (χ1n) is 9.82. The van der Waals surface area contributed by atoms with Crippen LogP contribution < -0.4 is 5.32 Å². The SMILES string of the molecule is CCC1=CC(C(=O)NC2CC3(CC(CC)C3)C2)=CCC1.CCCF. The number of carbonyl (C=O) groups is 1. The predicted octanol–water partition coefficient (Wildman–Crippen LogP) is 5.49. The van der Waals surface area contributed by atoms with E-state index in [0.29, 0.717) is 17.9 Å². The van der Waals surface area contributed by atoms with Crippen molar-refractivity contribution < 1.29 is 9.18 Å². The van der Waals surface area contributed by atoms with E-state index in [0.717, 1.165) is 30.8 Å². The summed E-state index contributed by atoms with van der Waals surface area (Å²) in [7, 11) is 0. The van der Waals surface area contributed by atoms with Gasteiger partial charge in [-0.3, -0.25) is 9.18 Å². The molecule has 136 valence electrons. The number of amides is 1. The molecule has 0 saturated heterocycles. The average Bonchev–Trinajstić information content (AvgIpc) is 2.55. The first-order valence-corrected chi connectivity index (χ1v) is 9.82. The molecule has 3 aliphatic carbocycles. The Bertz CT molecular complexity index is 478. The average molecular weight is 336 g/mol. The number of halogens is 1. The molecule has 2 saturated carbocycles. The van der Waals surface area contributed by atoms with Crippen molar-refractivity contribution in [1.29, 1.82) is 0 Å². The van der Waals surface area contributed by atoms with Gasteiger partial charge in [0.15, 0.2) is 0 Å². The fourth-order valence-corrected chi connectivity index (χ4v) is 4.34. The van der Waals surface area contributed by atoms with Crippen molar-refractivity contribution >= 4 is 5.91 Å². The van der Waals surface area contributed by atoms with E-state index in [1.54, 1.807) is 6.92 Å². The first kappa shape index (κ1) is 19.2. The van der Waals surface area contributed by atoms with Crippen molar-refractivity contribution in [2.45, 2.75) is 84.6 Å². The second-order valence-corrected chi connectivity index (χ2v) is 7.80. The molecular weight excluding hydrogens is 301 g/mol. The molecule has 0 unspecified atom stereocenters. The maximum atomic E-state index is 12.3. The largest absolute Gasteiger partial charge is 0.349 e. The van der Waals surface area contributed by atoms with Crippen LogP contribution in [0.4, 0.5) is 4.39 Å². The minimum Gasteiger partial charge on any atom is -0.349 e. The van der Waals surface area contributed by atoms with E-state index in [9.17, 15) is 9.18 Å². The molecule has 2 fully saturated rings. The van der Waals surface area contributed by atoms with Gasteiger partial charge in [-0.1, -0.05) is 44.9 Å². The normalized spacial score (nSPS) is 31.0. The van der Waals surface area contributed by atoms with E-state index in [1.807, 2.05) is 0 Å². The summed E-state index contributed by atoms with van der Waals surface area (Å²) >= 11 is 0. The van der Waals surface area contributed by atoms with Crippen LogP contribution in [0, 0.1) is 11.3 Å². The van der Waals surface area contributed by atoms with Crippen molar-refractivity contribution in [2.24, 2.45) is 11.3 Å². The smallest absolute Gasteiger partial charge is 0.251 e. The van der Waals surface area contributed by atoms with Crippen LogP contribution in [0.5, 0.6) is 0 Å². The van der Waals surface area contributed by atoms with Gasteiger partial charge in [0.1, 0.15) is 0 Å². The van der Waals surface area contributed by atoms with Gasteiger partial charge in [-0.05, 0) is 62.7 Å². The third kappa shape index (κ3) is 4.70. The lowest BCUT2D eigenvalue weighted by Gasteiger charge is -2.58. The zero-order valence-electron chi connectivity index (χ0n) is 15.7. The van der Waals surface area contributed by atoms with Crippen LogP contribution in [0.15, 0.2) is 23.3 Å². The Balaban J connectivity index is 0.000000471. The number of nitrogens with one attached hydrogen (secondary N) is 1. The molecule has 3 rings (SSSR count). The van der Waals surface area contributed by atoms with Gasteiger partial charge in [-0.25, -0.2) is 0 Å². The van der Waals surface area contributed by atoms with Crippen molar-refractivity contribution in [1.82, 2.24) is 5.32 Å². The Hall–Kier alpha value is -1.12. The second kappa shape index (κ2) is 8.82. The van der Waals surface area contributed by atoms with Crippen LogP contribution in [0.3, 0.4) is 0 Å². The summed E-state index contributed by atoms with van der Waals surface area (Å²) < 4.78 is 10.7. The van der Waals surface area contributed by atoms with Gasteiger partial charge in [0.05, 0.1) is 6.67 Å². The summed E-state index contributed by atoms with van der Waals surface area (Å²) in [5.74, 6) is 1.12. The molecule has 1 N–H and O–H groups in total. The van der Waals surface area contributed by atoms with E-state index in [-0.39, 0.29) is 12.6 Å². The molecule has 3 heteroatoms. The third-order valence-electron chi connectivity index (χ3n) is 5.81. The van der Waals surface area contributed by atoms with Gasteiger partial charge >= 0.3 is 0 Å². The van der Waals surface area contributed by atoms with Gasteiger partial charge in [0.2, 0.25) is 0 Å². The monoisotopic (exact) mass is 335 g/mol. The van der Waals surface area contributed by atoms with E-state index in [1.165, 1.54) is 37.7 Å². The van der Waals surface area contributed by atoms with E-state index >= 15 is 0 Å². The molecule has 0 atom stereocenters. The summed E-state index contributed by atoms with van der Waals surface area (Å²) in [6.07, 6.45) is 14.6. The number of alkyl halides is 1. The van der Waals surface area contributed by atoms with Crippen LogP contribution in [0.1, 0.15) is 78.6 Å². The minimum absolute atomic E-state index is 0.155. The van der Waals surface area contributed by atoms with Crippen LogP contribution >= 0.6 is 0 Å². The molecule has 0 bridgehead atoms. The molecule has 0 radical (unpaired) electrons. The number of allylic oxidation sites excluding steroid dienone is 2.